The molecule has 0 aromatic carbocycles. The molecule has 0 fully saturated rings. The van der Waals surface area contributed by atoms with Crippen LogP contribution in [-0.2, 0) is 4.79 Å². The van der Waals surface area contributed by atoms with Crippen LogP contribution in [0.3, 0.4) is 0 Å². The summed E-state index contributed by atoms with van der Waals surface area (Å²) < 4.78 is 0. The zero-order valence-corrected chi connectivity index (χ0v) is 6.98. The molecule has 11 heavy (non-hydrogen) atoms. The van der Waals surface area contributed by atoms with Gasteiger partial charge in [0.05, 0.1) is 0 Å². The van der Waals surface area contributed by atoms with E-state index in [0.29, 0.717) is 5.78 Å². The Kier molecular flexibility index (Phi) is 1.28. The molecular formula is C10H12O. The summed E-state index contributed by atoms with van der Waals surface area (Å²) in [7, 11) is 0. The molecule has 1 nitrogen and oxygen atoms in total. The van der Waals surface area contributed by atoms with Crippen molar-refractivity contribution in [3.63, 3.8) is 0 Å². The molecule has 58 valence electrons. The Morgan fingerprint density at radius 3 is 2.91 bits per heavy atom. The largest absolute Gasteiger partial charge is 0.294 e. The van der Waals surface area contributed by atoms with Crippen LogP contribution in [0, 0.1) is 5.92 Å². The lowest BCUT2D eigenvalue weighted by atomic mass is 10.0. The van der Waals surface area contributed by atoms with Crippen molar-refractivity contribution in [2.45, 2.75) is 26.7 Å². The van der Waals surface area contributed by atoms with Crippen LogP contribution < -0.4 is 0 Å². The van der Waals surface area contributed by atoms with Crippen LogP contribution in [0.2, 0.25) is 0 Å². The van der Waals surface area contributed by atoms with Gasteiger partial charge in [0.15, 0.2) is 5.78 Å². The molecule has 2 aliphatic carbocycles. The molecule has 0 radical (unpaired) electrons. The van der Waals surface area contributed by atoms with Gasteiger partial charge in [0.25, 0.3) is 0 Å². The van der Waals surface area contributed by atoms with Crippen molar-refractivity contribution in [1.29, 1.82) is 0 Å². The van der Waals surface area contributed by atoms with Crippen molar-refractivity contribution in [3.05, 3.63) is 22.8 Å². The maximum atomic E-state index is 11.4. The molecule has 0 saturated heterocycles. The molecule has 1 heteroatoms. The number of hydrogen-bond donors (Lipinski definition) is 0. The molecule has 0 aromatic rings. The maximum Gasteiger partial charge on any atom is 0.166 e. The van der Waals surface area contributed by atoms with Gasteiger partial charge >= 0.3 is 0 Å². The topological polar surface area (TPSA) is 17.1 Å². The number of Topliss-reactive ketones (excluding diaryl/α,β-unsaturated/α-hetero) is 1. The van der Waals surface area contributed by atoms with Crippen LogP contribution in [0.15, 0.2) is 22.8 Å². The van der Waals surface area contributed by atoms with E-state index in [1.165, 1.54) is 11.1 Å². The third-order valence-electron chi connectivity index (χ3n) is 2.79. The summed E-state index contributed by atoms with van der Waals surface area (Å²) in [6, 6.07) is 0. The monoisotopic (exact) mass is 148 g/mol. The first-order chi connectivity index (χ1) is 5.22. The van der Waals surface area contributed by atoms with E-state index in [1.54, 1.807) is 0 Å². The molecule has 0 heterocycles. The van der Waals surface area contributed by atoms with Crippen molar-refractivity contribution in [1.82, 2.24) is 0 Å². The predicted octanol–water partition coefficient (Wildman–Crippen LogP) is 2.24. The zero-order chi connectivity index (χ0) is 8.01. The average molecular weight is 148 g/mol. The first kappa shape index (κ1) is 6.84. The van der Waals surface area contributed by atoms with Crippen LogP contribution in [0.25, 0.3) is 0 Å². The Bertz CT molecular complexity index is 281. The van der Waals surface area contributed by atoms with Crippen molar-refractivity contribution >= 4 is 5.78 Å². The van der Waals surface area contributed by atoms with Crippen molar-refractivity contribution in [3.8, 4) is 0 Å². The van der Waals surface area contributed by atoms with Crippen LogP contribution in [0.5, 0.6) is 0 Å². The molecule has 0 aromatic heterocycles. The molecule has 1 atom stereocenters. The third-order valence-corrected chi connectivity index (χ3v) is 2.79. The van der Waals surface area contributed by atoms with E-state index < -0.39 is 0 Å². The lowest BCUT2D eigenvalue weighted by Gasteiger charge is -2.00. The number of hydrogen-bond acceptors (Lipinski definition) is 1. The Morgan fingerprint density at radius 1 is 1.55 bits per heavy atom. The quantitative estimate of drug-likeness (QED) is 0.515. The fraction of sp³-hybridized carbons (Fsp3) is 0.500. The highest BCUT2D eigenvalue weighted by Gasteiger charge is 2.33. The minimum atomic E-state index is 0.160. The number of allylic oxidation sites excluding steroid dienone is 4. The summed E-state index contributed by atoms with van der Waals surface area (Å²) in [5.41, 5.74) is 3.66. The summed E-state index contributed by atoms with van der Waals surface area (Å²) in [5, 5.41) is 0. The highest BCUT2D eigenvalue weighted by Crippen LogP contribution is 2.40. The Labute approximate surface area is 66.8 Å². The van der Waals surface area contributed by atoms with Gasteiger partial charge in [0, 0.05) is 5.92 Å². The van der Waals surface area contributed by atoms with Gasteiger partial charge in [-0.15, -0.1) is 0 Å². The first-order valence-electron chi connectivity index (χ1n) is 4.16. The molecule has 0 aliphatic heterocycles. The Morgan fingerprint density at radius 2 is 2.27 bits per heavy atom. The molecule has 2 rings (SSSR count). The summed E-state index contributed by atoms with van der Waals surface area (Å²) in [6.45, 7) is 3.97. The van der Waals surface area contributed by atoms with Crippen LogP contribution in [0.1, 0.15) is 26.7 Å². The molecule has 0 amide bonds. The van der Waals surface area contributed by atoms with Gasteiger partial charge in [0.2, 0.25) is 0 Å². The van der Waals surface area contributed by atoms with E-state index in [0.717, 1.165) is 18.4 Å². The number of fused-ring (bicyclic) bond motifs is 1. The smallest absolute Gasteiger partial charge is 0.166 e. The molecule has 1 unspecified atom stereocenters. The van der Waals surface area contributed by atoms with Gasteiger partial charge in [-0.3, -0.25) is 4.79 Å². The van der Waals surface area contributed by atoms with Gasteiger partial charge in [0.1, 0.15) is 0 Å². The molecule has 0 spiro atoms. The van der Waals surface area contributed by atoms with Gasteiger partial charge in [-0.25, -0.2) is 0 Å². The molecule has 0 saturated carbocycles. The first-order valence-corrected chi connectivity index (χ1v) is 4.16. The molecule has 0 N–H and O–H groups in total. The van der Waals surface area contributed by atoms with Gasteiger partial charge in [-0.1, -0.05) is 13.0 Å². The van der Waals surface area contributed by atoms with E-state index in [9.17, 15) is 4.79 Å². The second-order valence-electron chi connectivity index (χ2n) is 3.39. The third kappa shape index (κ3) is 0.740. The summed E-state index contributed by atoms with van der Waals surface area (Å²) >= 11 is 0. The lowest BCUT2D eigenvalue weighted by Crippen LogP contribution is -2.05. The minimum Gasteiger partial charge on any atom is -0.294 e. The highest BCUT2D eigenvalue weighted by atomic mass is 16.1. The van der Waals surface area contributed by atoms with Crippen LogP contribution in [0.4, 0.5) is 0 Å². The fourth-order valence-corrected chi connectivity index (χ4v) is 2.10. The van der Waals surface area contributed by atoms with Crippen LogP contribution in [-0.4, -0.2) is 5.78 Å². The molecular weight excluding hydrogens is 136 g/mol. The van der Waals surface area contributed by atoms with Gasteiger partial charge in [-0.05, 0) is 36.5 Å². The normalized spacial score (nSPS) is 29.5. The summed E-state index contributed by atoms with van der Waals surface area (Å²) in [4.78, 5) is 11.4. The fourth-order valence-electron chi connectivity index (χ4n) is 2.10. The zero-order valence-electron chi connectivity index (χ0n) is 6.98. The lowest BCUT2D eigenvalue weighted by molar-refractivity contribution is -0.117. The highest BCUT2D eigenvalue weighted by molar-refractivity contribution is 6.04. The summed E-state index contributed by atoms with van der Waals surface area (Å²) in [5.74, 6) is 0.499. The second kappa shape index (κ2) is 2.07. The molecule has 0 bridgehead atoms. The Hall–Kier alpha value is -0.850. The standard InChI is InChI=1S/C10H12O/c1-6-8-4-3-5-9(8)7(2)10(6)11/h4,6H,3,5H2,1-2H3. The van der Waals surface area contributed by atoms with E-state index >= 15 is 0 Å². The summed E-state index contributed by atoms with van der Waals surface area (Å²) in [6.07, 6.45) is 4.45. The van der Waals surface area contributed by atoms with Crippen molar-refractivity contribution < 1.29 is 4.79 Å². The number of rotatable bonds is 0. The number of carbonyl (C=O) groups excluding carboxylic acids is 1. The van der Waals surface area contributed by atoms with E-state index in [1.807, 2.05) is 13.8 Å². The van der Waals surface area contributed by atoms with Crippen LogP contribution >= 0.6 is 0 Å². The average Bonchev–Trinajstić information content (AvgIpc) is 2.53. The van der Waals surface area contributed by atoms with Gasteiger partial charge in [-0.2, -0.15) is 0 Å². The van der Waals surface area contributed by atoms with Crippen molar-refractivity contribution in [2.24, 2.45) is 5.92 Å². The number of ketones is 1. The van der Waals surface area contributed by atoms with Gasteiger partial charge < -0.3 is 0 Å². The molecule has 2 aliphatic rings. The number of carbonyl (C=O) groups is 1. The van der Waals surface area contributed by atoms with E-state index in [4.69, 9.17) is 0 Å². The SMILES string of the molecule is CC1=C2CCC=C2C(C)C1=O. The predicted molar refractivity (Wildman–Crippen MR) is 44.2 cm³/mol. The second-order valence-corrected chi connectivity index (χ2v) is 3.39. The maximum absolute atomic E-state index is 11.4. The minimum absolute atomic E-state index is 0.160. The van der Waals surface area contributed by atoms with E-state index in [-0.39, 0.29) is 5.92 Å². The van der Waals surface area contributed by atoms with E-state index in [2.05, 4.69) is 6.08 Å². The Balaban J connectivity index is 2.52. The van der Waals surface area contributed by atoms with Crippen molar-refractivity contribution in [2.75, 3.05) is 0 Å².